The maximum absolute atomic E-state index is 9.99. The minimum Gasteiger partial charge on any atom is -0.668 e. The number of carbonyl (C=O) groups is 1. The summed E-state index contributed by atoms with van der Waals surface area (Å²) >= 11 is 0. The first kappa shape index (κ1) is 12.2. The van der Waals surface area contributed by atoms with Crippen LogP contribution in [0.1, 0.15) is 32.6 Å². The van der Waals surface area contributed by atoms with Gasteiger partial charge in [0.1, 0.15) is 0 Å². The largest absolute Gasteiger partial charge is 1.00 e. The fraction of sp³-hybridized carbons (Fsp3) is 0.833. The predicted octanol–water partition coefficient (Wildman–Crippen LogP) is -0.850. The van der Waals surface area contributed by atoms with Gasteiger partial charge in [-0.1, -0.05) is 19.8 Å². The van der Waals surface area contributed by atoms with E-state index in [1.165, 1.54) is 0 Å². The van der Waals surface area contributed by atoms with Crippen LogP contribution in [0, 0.1) is 0 Å². The van der Waals surface area contributed by atoms with Crippen LogP contribution < -0.4 is 29.6 Å². The minimum atomic E-state index is -0.432. The second-order valence-electron chi connectivity index (χ2n) is 1.88. The number of amides is 1. The molecular weight excluding hydrogens is 125 g/mol. The molecule has 0 saturated heterocycles. The number of rotatable bonds is 4. The van der Waals surface area contributed by atoms with E-state index in [4.69, 9.17) is 5.73 Å². The Bertz CT molecular complexity index is 75.5. The Morgan fingerprint density at radius 1 is 1.44 bits per heavy atom. The molecule has 0 aliphatic rings. The Morgan fingerprint density at radius 2 is 2.00 bits per heavy atom. The van der Waals surface area contributed by atoms with Crippen LogP contribution in [-0.4, -0.2) is 5.91 Å². The van der Waals surface area contributed by atoms with Gasteiger partial charge in [-0.2, -0.15) is 0 Å². The molecule has 0 heterocycles. The molecule has 0 aromatic rings. The average Bonchev–Trinajstić information content (AvgIpc) is 1.66. The summed E-state index contributed by atoms with van der Waals surface area (Å²) in [4.78, 5) is 9.99. The number of hydrogen-bond donors (Lipinski definition) is 0. The van der Waals surface area contributed by atoms with E-state index in [9.17, 15) is 4.79 Å². The van der Waals surface area contributed by atoms with Crippen LogP contribution in [0.4, 0.5) is 0 Å². The molecule has 0 aromatic carbocycles. The molecule has 1 amide bonds. The first-order valence-corrected chi connectivity index (χ1v) is 3.01. The van der Waals surface area contributed by atoms with Gasteiger partial charge in [0.2, 0.25) is 0 Å². The molecule has 1 N–H and O–H groups in total. The summed E-state index contributed by atoms with van der Waals surface area (Å²) in [6.45, 7) is 2.08. The SMILES string of the molecule is CCCCCC([NH-])=O.[Na+]. The molecule has 2 nitrogen and oxygen atoms in total. The number of hydrogen-bond acceptors (Lipinski definition) is 1. The van der Waals surface area contributed by atoms with Gasteiger partial charge in [0.05, 0.1) is 0 Å². The Hall–Kier alpha value is 0.470. The summed E-state index contributed by atoms with van der Waals surface area (Å²) in [5.74, 6) is -0.432. The van der Waals surface area contributed by atoms with Crippen molar-refractivity contribution < 1.29 is 34.4 Å². The molecule has 0 atom stereocenters. The van der Waals surface area contributed by atoms with E-state index < -0.39 is 5.91 Å². The summed E-state index contributed by atoms with van der Waals surface area (Å²) in [7, 11) is 0. The van der Waals surface area contributed by atoms with E-state index >= 15 is 0 Å². The number of unbranched alkanes of at least 4 members (excludes halogenated alkanes) is 2. The third-order valence-electron chi connectivity index (χ3n) is 1.01. The van der Waals surface area contributed by atoms with E-state index in [0.29, 0.717) is 6.42 Å². The molecule has 0 rings (SSSR count). The van der Waals surface area contributed by atoms with Crippen molar-refractivity contribution in [3.8, 4) is 0 Å². The summed E-state index contributed by atoms with van der Waals surface area (Å²) in [6, 6.07) is 0. The van der Waals surface area contributed by atoms with Crippen molar-refractivity contribution in [1.29, 1.82) is 0 Å². The molecule has 0 spiro atoms. The summed E-state index contributed by atoms with van der Waals surface area (Å²) in [5, 5.41) is 0. The standard InChI is InChI=1S/C6H13NO.Na/c1-2-3-4-5-6(7)8;/h2-5H2,1H3,(H2,7,8);/q;+1/p-1. The van der Waals surface area contributed by atoms with Crippen LogP contribution >= 0.6 is 0 Å². The molecule has 0 aliphatic carbocycles. The smallest absolute Gasteiger partial charge is 0.668 e. The zero-order chi connectivity index (χ0) is 6.41. The maximum atomic E-state index is 9.99. The van der Waals surface area contributed by atoms with Gasteiger partial charge in [-0.25, -0.2) is 0 Å². The molecule has 3 heteroatoms. The van der Waals surface area contributed by atoms with Crippen molar-refractivity contribution in [3.63, 3.8) is 0 Å². The van der Waals surface area contributed by atoms with Crippen molar-refractivity contribution in [1.82, 2.24) is 0 Å². The molecule has 0 saturated carbocycles. The minimum absolute atomic E-state index is 0. The maximum Gasteiger partial charge on any atom is 1.00 e. The normalized spacial score (nSPS) is 8.11. The monoisotopic (exact) mass is 137 g/mol. The first-order chi connectivity index (χ1) is 3.77. The Balaban J connectivity index is 0. The van der Waals surface area contributed by atoms with Crippen LogP contribution in [0.25, 0.3) is 5.73 Å². The third kappa shape index (κ3) is 11.8. The molecule has 0 aromatic heterocycles. The van der Waals surface area contributed by atoms with Gasteiger partial charge in [0.15, 0.2) is 0 Å². The van der Waals surface area contributed by atoms with Crippen molar-refractivity contribution in [2.75, 3.05) is 0 Å². The van der Waals surface area contributed by atoms with Gasteiger partial charge in [0, 0.05) is 5.91 Å². The Morgan fingerprint density at radius 3 is 2.33 bits per heavy atom. The molecule has 9 heavy (non-hydrogen) atoms. The molecule has 0 fully saturated rings. The molecule has 0 radical (unpaired) electrons. The van der Waals surface area contributed by atoms with Gasteiger partial charge in [0.25, 0.3) is 0 Å². The van der Waals surface area contributed by atoms with Crippen LogP contribution in [0.2, 0.25) is 0 Å². The molecule has 0 bridgehead atoms. The molecule has 0 aliphatic heterocycles. The first-order valence-electron chi connectivity index (χ1n) is 3.01. The molecule has 0 unspecified atom stereocenters. The summed E-state index contributed by atoms with van der Waals surface area (Å²) in [6.07, 6.45) is 3.52. The van der Waals surface area contributed by atoms with Gasteiger partial charge in [-0.15, -0.1) is 0 Å². The Labute approximate surface area is 78.5 Å². The van der Waals surface area contributed by atoms with Crippen molar-refractivity contribution >= 4 is 5.91 Å². The number of nitrogens with one attached hydrogen (secondary N) is 1. The van der Waals surface area contributed by atoms with Crippen LogP contribution in [0.15, 0.2) is 0 Å². The van der Waals surface area contributed by atoms with Gasteiger partial charge < -0.3 is 10.5 Å². The van der Waals surface area contributed by atoms with Crippen molar-refractivity contribution in [2.24, 2.45) is 0 Å². The average molecular weight is 137 g/mol. The van der Waals surface area contributed by atoms with Gasteiger partial charge >= 0.3 is 29.6 Å². The van der Waals surface area contributed by atoms with Crippen molar-refractivity contribution in [3.05, 3.63) is 5.73 Å². The van der Waals surface area contributed by atoms with Gasteiger partial charge in [-0.3, -0.25) is 0 Å². The van der Waals surface area contributed by atoms with E-state index in [1.54, 1.807) is 0 Å². The van der Waals surface area contributed by atoms with Crippen LogP contribution in [0.3, 0.4) is 0 Å². The van der Waals surface area contributed by atoms with Crippen LogP contribution in [-0.2, 0) is 4.79 Å². The Kier molecular flexibility index (Phi) is 11.5. The van der Waals surface area contributed by atoms with Crippen molar-refractivity contribution in [2.45, 2.75) is 32.6 Å². The zero-order valence-electron chi connectivity index (χ0n) is 6.24. The third-order valence-corrected chi connectivity index (χ3v) is 1.01. The molecular formula is C6H12NNaO. The van der Waals surface area contributed by atoms with E-state index in [0.717, 1.165) is 19.3 Å². The summed E-state index contributed by atoms with van der Waals surface area (Å²) in [5.41, 5.74) is 6.52. The fourth-order valence-corrected chi connectivity index (χ4v) is 0.536. The topological polar surface area (TPSA) is 40.9 Å². The predicted molar refractivity (Wildman–Crippen MR) is 33.5 cm³/mol. The van der Waals surface area contributed by atoms with Crippen LogP contribution in [0.5, 0.6) is 0 Å². The fourth-order valence-electron chi connectivity index (χ4n) is 0.536. The second-order valence-corrected chi connectivity index (χ2v) is 1.88. The zero-order valence-corrected chi connectivity index (χ0v) is 8.24. The number of carbonyl (C=O) groups excluding carboxylic acids is 1. The van der Waals surface area contributed by atoms with E-state index in [2.05, 4.69) is 6.92 Å². The molecule has 48 valence electrons. The second kappa shape index (κ2) is 8.47. The van der Waals surface area contributed by atoms with E-state index in [-0.39, 0.29) is 29.6 Å². The summed E-state index contributed by atoms with van der Waals surface area (Å²) < 4.78 is 0. The van der Waals surface area contributed by atoms with E-state index in [1.807, 2.05) is 0 Å². The van der Waals surface area contributed by atoms with Gasteiger partial charge in [-0.05, 0) is 12.8 Å². The quantitative estimate of drug-likeness (QED) is 0.367.